The van der Waals surface area contributed by atoms with Gasteiger partial charge in [0.1, 0.15) is 0 Å². The summed E-state index contributed by atoms with van der Waals surface area (Å²) in [5, 5.41) is 2.06. The van der Waals surface area contributed by atoms with Crippen LogP contribution < -0.4 is 5.73 Å². The molecule has 1 fully saturated rings. The molecule has 4 heteroatoms. The summed E-state index contributed by atoms with van der Waals surface area (Å²) >= 11 is 1.72. The number of nitrogens with zero attached hydrogens (tertiary/aromatic N) is 1. The summed E-state index contributed by atoms with van der Waals surface area (Å²) in [4.78, 5) is 15.5. The van der Waals surface area contributed by atoms with Crippen molar-refractivity contribution in [1.29, 1.82) is 0 Å². The molecule has 0 aliphatic carbocycles. The van der Waals surface area contributed by atoms with Crippen LogP contribution in [-0.2, 0) is 11.2 Å². The van der Waals surface area contributed by atoms with E-state index in [1.165, 1.54) is 4.88 Å². The highest BCUT2D eigenvalue weighted by molar-refractivity contribution is 7.09. The summed E-state index contributed by atoms with van der Waals surface area (Å²) in [6, 6.07) is 4.39. The van der Waals surface area contributed by atoms with Gasteiger partial charge in [0, 0.05) is 30.4 Å². The SMILES string of the molecule is CC1CCN(C(=O)CCc2cccs2)C(CN)C1. The molecule has 1 aliphatic heterocycles. The first-order valence-electron chi connectivity index (χ1n) is 6.72. The van der Waals surface area contributed by atoms with Crippen LogP contribution in [0.5, 0.6) is 0 Å². The Kier molecular flexibility index (Phi) is 4.78. The number of carbonyl (C=O) groups is 1. The highest BCUT2D eigenvalue weighted by atomic mass is 32.1. The van der Waals surface area contributed by atoms with E-state index in [0.29, 0.717) is 18.9 Å². The Morgan fingerprint density at radius 1 is 1.61 bits per heavy atom. The van der Waals surface area contributed by atoms with Crippen molar-refractivity contribution in [1.82, 2.24) is 4.90 Å². The summed E-state index contributed by atoms with van der Waals surface area (Å²) in [6.45, 7) is 3.72. The van der Waals surface area contributed by atoms with Crippen molar-refractivity contribution in [2.24, 2.45) is 11.7 Å². The van der Waals surface area contributed by atoms with Crippen LogP contribution in [0.2, 0.25) is 0 Å². The van der Waals surface area contributed by atoms with E-state index < -0.39 is 0 Å². The predicted octanol–water partition coefficient (Wildman–Crippen LogP) is 2.27. The third kappa shape index (κ3) is 3.33. The number of likely N-dealkylation sites (tertiary alicyclic amines) is 1. The second-order valence-electron chi connectivity index (χ2n) is 5.19. The Bertz CT molecular complexity index is 377. The van der Waals surface area contributed by atoms with Crippen molar-refractivity contribution in [3.63, 3.8) is 0 Å². The lowest BCUT2D eigenvalue weighted by atomic mass is 9.92. The van der Waals surface area contributed by atoms with Crippen LogP contribution in [-0.4, -0.2) is 29.9 Å². The van der Waals surface area contributed by atoms with E-state index in [-0.39, 0.29) is 11.9 Å². The van der Waals surface area contributed by atoms with Gasteiger partial charge in [-0.3, -0.25) is 4.79 Å². The highest BCUT2D eigenvalue weighted by Crippen LogP contribution is 2.23. The summed E-state index contributed by atoms with van der Waals surface area (Å²) in [5.74, 6) is 0.964. The lowest BCUT2D eigenvalue weighted by molar-refractivity contribution is -0.135. The zero-order valence-corrected chi connectivity index (χ0v) is 11.8. The van der Waals surface area contributed by atoms with Crippen LogP contribution in [0.25, 0.3) is 0 Å². The number of rotatable bonds is 4. The number of piperidine rings is 1. The standard InChI is InChI=1S/C14H22N2OS/c1-11-6-7-16(12(9-11)10-15)14(17)5-4-13-3-2-8-18-13/h2-3,8,11-12H,4-7,9-10,15H2,1H3. The molecular formula is C14H22N2OS. The molecule has 2 N–H and O–H groups in total. The van der Waals surface area contributed by atoms with E-state index in [2.05, 4.69) is 18.4 Å². The lowest BCUT2D eigenvalue weighted by Crippen LogP contribution is -2.49. The molecular weight excluding hydrogens is 244 g/mol. The first-order valence-corrected chi connectivity index (χ1v) is 7.60. The first kappa shape index (κ1) is 13.6. The maximum Gasteiger partial charge on any atom is 0.223 e. The monoisotopic (exact) mass is 266 g/mol. The first-order chi connectivity index (χ1) is 8.70. The van der Waals surface area contributed by atoms with Gasteiger partial charge in [-0.05, 0) is 36.6 Å². The van der Waals surface area contributed by atoms with Crippen LogP contribution in [0.1, 0.15) is 31.1 Å². The Balaban J connectivity index is 1.87. The second kappa shape index (κ2) is 6.34. The highest BCUT2D eigenvalue weighted by Gasteiger charge is 2.28. The quantitative estimate of drug-likeness (QED) is 0.908. The van der Waals surface area contributed by atoms with Gasteiger partial charge >= 0.3 is 0 Å². The van der Waals surface area contributed by atoms with Gasteiger partial charge in [-0.15, -0.1) is 11.3 Å². The molecule has 100 valence electrons. The van der Waals surface area contributed by atoms with Crippen molar-refractivity contribution in [3.8, 4) is 0 Å². The zero-order valence-electron chi connectivity index (χ0n) is 11.0. The van der Waals surface area contributed by atoms with Gasteiger partial charge in [0.15, 0.2) is 0 Å². The van der Waals surface area contributed by atoms with E-state index >= 15 is 0 Å². The van der Waals surface area contributed by atoms with Gasteiger partial charge in [-0.1, -0.05) is 13.0 Å². The molecule has 1 aromatic rings. The minimum absolute atomic E-state index is 0.254. The van der Waals surface area contributed by atoms with Crippen LogP contribution in [0.15, 0.2) is 17.5 Å². The molecule has 3 nitrogen and oxygen atoms in total. The minimum Gasteiger partial charge on any atom is -0.338 e. The number of aryl methyl sites for hydroxylation is 1. The number of hydrogen-bond acceptors (Lipinski definition) is 3. The third-order valence-corrected chi connectivity index (χ3v) is 4.67. The van der Waals surface area contributed by atoms with Crippen LogP contribution in [0.3, 0.4) is 0 Å². The molecule has 0 aromatic carbocycles. The van der Waals surface area contributed by atoms with E-state index in [4.69, 9.17) is 5.73 Å². The van der Waals surface area contributed by atoms with Crippen LogP contribution in [0, 0.1) is 5.92 Å². The van der Waals surface area contributed by atoms with Crippen molar-refractivity contribution in [2.45, 2.75) is 38.6 Å². The second-order valence-corrected chi connectivity index (χ2v) is 6.22. The van der Waals surface area contributed by atoms with Crippen molar-refractivity contribution in [2.75, 3.05) is 13.1 Å². The average molecular weight is 266 g/mol. The Hall–Kier alpha value is -0.870. The largest absolute Gasteiger partial charge is 0.338 e. The molecule has 2 heterocycles. The van der Waals surface area contributed by atoms with Gasteiger partial charge in [0.2, 0.25) is 5.91 Å². The third-order valence-electron chi connectivity index (χ3n) is 3.74. The predicted molar refractivity (Wildman–Crippen MR) is 75.6 cm³/mol. The molecule has 1 aromatic heterocycles. The van der Waals surface area contributed by atoms with E-state index in [9.17, 15) is 4.79 Å². The fourth-order valence-electron chi connectivity index (χ4n) is 2.63. The van der Waals surface area contributed by atoms with E-state index in [0.717, 1.165) is 25.8 Å². The fraction of sp³-hybridized carbons (Fsp3) is 0.643. The van der Waals surface area contributed by atoms with E-state index in [1.54, 1.807) is 11.3 Å². The molecule has 2 unspecified atom stereocenters. The van der Waals surface area contributed by atoms with Crippen molar-refractivity contribution >= 4 is 17.2 Å². The number of nitrogens with two attached hydrogens (primary N) is 1. The lowest BCUT2D eigenvalue weighted by Gasteiger charge is -2.38. The fourth-order valence-corrected chi connectivity index (χ4v) is 3.34. The van der Waals surface area contributed by atoms with Gasteiger partial charge in [0.05, 0.1) is 0 Å². The van der Waals surface area contributed by atoms with E-state index in [1.807, 2.05) is 11.0 Å². The smallest absolute Gasteiger partial charge is 0.223 e. The Morgan fingerprint density at radius 3 is 3.11 bits per heavy atom. The van der Waals surface area contributed by atoms with Gasteiger partial charge in [-0.2, -0.15) is 0 Å². The molecule has 1 saturated heterocycles. The molecule has 0 bridgehead atoms. The number of hydrogen-bond donors (Lipinski definition) is 1. The maximum absolute atomic E-state index is 12.2. The summed E-state index contributed by atoms with van der Waals surface area (Å²) in [6.07, 6.45) is 3.65. The topological polar surface area (TPSA) is 46.3 Å². The molecule has 0 radical (unpaired) electrons. The van der Waals surface area contributed by atoms with Gasteiger partial charge in [-0.25, -0.2) is 0 Å². The number of carbonyl (C=O) groups excluding carboxylic acids is 1. The van der Waals surface area contributed by atoms with Crippen molar-refractivity contribution < 1.29 is 4.79 Å². The maximum atomic E-state index is 12.2. The molecule has 0 saturated carbocycles. The molecule has 2 rings (SSSR count). The van der Waals surface area contributed by atoms with Gasteiger partial charge < -0.3 is 10.6 Å². The summed E-state index contributed by atoms with van der Waals surface area (Å²) in [7, 11) is 0. The molecule has 2 atom stereocenters. The zero-order chi connectivity index (χ0) is 13.0. The average Bonchev–Trinajstić information content (AvgIpc) is 2.88. The molecule has 1 aliphatic rings. The molecule has 0 spiro atoms. The van der Waals surface area contributed by atoms with Crippen molar-refractivity contribution in [3.05, 3.63) is 22.4 Å². The number of amides is 1. The van der Waals surface area contributed by atoms with Crippen LogP contribution in [0.4, 0.5) is 0 Å². The summed E-state index contributed by atoms with van der Waals surface area (Å²) < 4.78 is 0. The molecule has 1 amide bonds. The van der Waals surface area contributed by atoms with Crippen LogP contribution >= 0.6 is 11.3 Å². The summed E-state index contributed by atoms with van der Waals surface area (Å²) in [5.41, 5.74) is 5.79. The number of thiophene rings is 1. The minimum atomic E-state index is 0.254. The van der Waals surface area contributed by atoms with Gasteiger partial charge in [0.25, 0.3) is 0 Å². The Labute approximate surface area is 113 Å². The Morgan fingerprint density at radius 2 is 2.44 bits per heavy atom. The molecule has 18 heavy (non-hydrogen) atoms. The normalized spacial score (nSPS) is 24.2.